The summed E-state index contributed by atoms with van der Waals surface area (Å²) in [5, 5.41) is 0. The summed E-state index contributed by atoms with van der Waals surface area (Å²) < 4.78 is 5.56. The first-order valence-corrected chi connectivity index (χ1v) is 7.14. The summed E-state index contributed by atoms with van der Waals surface area (Å²) in [6, 6.07) is 0.501. The van der Waals surface area contributed by atoms with Gasteiger partial charge in [0.2, 0.25) is 5.91 Å². The van der Waals surface area contributed by atoms with Crippen LogP contribution in [0.15, 0.2) is 0 Å². The molecule has 3 nitrogen and oxygen atoms in total. The molecule has 0 aromatic heterocycles. The topological polar surface area (TPSA) is 29.5 Å². The lowest BCUT2D eigenvalue weighted by Gasteiger charge is -2.31. The molecule has 1 aliphatic carbocycles. The van der Waals surface area contributed by atoms with Gasteiger partial charge in [-0.15, -0.1) is 0 Å². The minimum absolute atomic E-state index is 0.312. The van der Waals surface area contributed by atoms with Crippen LogP contribution >= 0.6 is 0 Å². The van der Waals surface area contributed by atoms with E-state index in [4.69, 9.17) is 4.74 Å². The van der Waals surface area contributed by atoms with E-state index >= 15 is 0 Å². The van der Waals surface area contributed by atoms with E-state index < -0.39 is 0 Å². The third-order valence-corrected chi connectivity index (χ3v) is 4.22. The van der Waals surface area contributed by atoms with Gasteiger partial charge in [0.15, 0.2) is 0 Å². The zero-order valence-corrected chi connectivity index (χ0v) is 11.0. The third kappa shape index (κ3) is 3.70. The molecule has 2 rings (SSSR count). The zero-order valence-electron chi connectivity index (χ0n) is 11.0. The molecule has 0 spiro atoms. The fraction of sp³-hybridized carbons (Fsp3) is 0.929. The maximum atomic E-state index is 12.1. The van der Waals surface area contributed by atoms with Gasteiger partial charge in [0.1, 0.15) is 0 Å². The molecule has 1 saturated heterocycles. The molecule has 98 valence electrons. The van der Waals surface area contributed by atoms with E-state index in [0.29, 0.717) is 24.5 Å². The molecule has 2 aliphatic rings. The lowest BCUT2D eigenvalue weighted by atomic mass is 9.94. The average molecular weight is 239 g/mol. The number of carbonyl (C=O) groups excluding carboxylic acids is 1. The molecule has 17 heavy (non-hydrogen) atoms. The Balaban J connectivity index is 1.70. The first-order valence-electron chi connectivity index (χ1n) is 7.14. The maximum absolute atomic E-state index is 12.1. The zero-order chi connectivity index (χ0) is 12.1. The molecule has 1 amide bonds. The highest BCUT2D eigenvalue weighted by atomic mass is 16.5. The van der Waals surface area contributed by atoms with E-state index in [1.54, 1.807) is 0 Å². The Morgan fingerprint density at radius 3 is 2.59 bits per heavy atom. The Morgan fingerprint density at radius 2 is 1.94 bits per heavy atom. The van der Waals surface area contributed by atoms with Crippen LogP contribution in [0.4, 0.5) is 0 Å². The second kappa shape index (κ2) is 6.39. The number of nitrogens with zero attached hydrogens (tertiary/aromatic N) is 1. The van der Waals surface area contributed by atoms with Crippen molar-refractivity contribution in [2.45, 2.75) is 69.9 Å². The van der Waals surface area contributed by atoms with Crippen molar-refractivity contribution < 1.29 is 9.53 Å². The summed E-state index contributed by atoms with van der Waals surface area (Å²) in [4.78, 5) is 14.1. The Labute approximate surface area is 105 Å². The molecule has 0 radical (unpaired) electrons. The molecule has 1 aliphatic heterocycles. The number of amides is 1. The highest BCUT2D eigenvalue weighted by molar-refractivity contribution is 5.76. The summed E-state index contributed by atoms with van der Waals surface area (Å²) in [6.07, 6.45) is 10.5. The monoisotopic (exact) mass is 239 g/mol. The third-order valence-electron chi connectivity index (χ3n) is 4.22. The quantitative estimate of drug-likeness (QED) is 0.755. The van der Waals surface area contributed by atoms with E-state index in [-0.39, 0.29) is 0 Å². The van der Waals surface area contributed by atoms with E-state index in [2.05, 4.69) is 0 Å². The lowest BCUT2D eigenvalue weighted by Crippen LogP contribution is -2.38. The van der Waals surface area contributed by atoms with Crippen molar-refractivity contribution in [2.24, 2.45) is 0 Å². The van der Waals surface area contributed by atoms with Crippen molar-refractivity contribution in [1.82, 2.24) is 4.90 Å². The summed E-state index contributed by atoms with van der Waals surface area (Å²) in [5.74, 6) is 0.312. The molecule has 0 bridgehead atoms. The largest absolute Gasteiger partial charge is 0.378 e. The fourth-order valence-corrected chi connectivity index (χ4v) is 3.00. The predicted octanol–water partition coefficient (Wildman–Crippen LogP) is 2.74. The number of hydrogen-bond acceptors (Lipinski definition) is 2. The summed E-state index contributed by atoms with van der Waals surface area (Å²) in [6.45, 7) is 0.886. The van der Waals surface area contributed by atoms with E-state index in [0.717, 1.165) is 25.9 Å². The minimum Gasteiger partial charge on any atom is -0.378 e. The SMILES string of the molecule is CN(C(=O)CCC1CCCO1)C1CCCCC1. The van der Waals surface area contributed by atoms with Crippen LogP contribution in [0.25, 0.3) is 0 Å². The van der Waals surface area contributed by atoms with Gasteiger partial charge in [0.25, 0.3) is 0 Å². The van der Waals surface area contributed by atoms with Crippen molar-refractivity contribution >= 4 is 5.91 Å². The normalized spacial score (nSPS) is 26.1. The fourth-order valence-electron chi connectivity index (χ4n) is 3.00. The summed E-state index contributed by atoms with van der Waals surface area (Å²) in [5.41, 5.74) is 0. The van der Waals surface area contributed by atoms with Gasteiger partial charge in [-0.25, -0.2) is 0 Å². The molecule has 1 unspecified atom stereocenters. The first kappa shape index (κ1) is 12.9. The number of ether oxygens (including phenoxy) is 1. The van der Waals surface area contributed by atoms with Crippen LogP contribution in [0.5, 0.6) is 0 Å². The van der Waals surface area contributed by atoms with Crippen LogP contribution in [0.2, 0.25) is 0 Å². The average Bonchev–Trinajstić information content (AvgIpc) is 2.89. The van der Waals surface area contributed by atoms with Crippen LogP contribution in [-0.2, 0) is 9.53 Å². The van der Waals surface area contributed by atoms with Gasteiger partial charge in [0, 0.05) is 26.1 Å². The van der Waals surface area contributed by atoms with Gasteiger partial charge in [-0.3, -0.25) is 4.79 Å². The van der Waals surface area contributed by atoms with Crippen molar-refractivity contribution in [3.63, 3.8) is 0 Å². The first-order chi connectivity index (χ1) is 8.27. The van der Waals surface area contributed by atoms with E-state index in [1.807, 2.05) is 11.9 Å². The van der Waals surface area contributed by atoms with Crippen LogP contribution < -0.4 is 0 Å². The van der Waals surface area contributed by atoms with Gasteiger partial charge in [-0.2, -0.15) is 0 Å². The van der Waals surface area contributed by atoms with E-state index in [1.165, 1.54) is 32.1 Å². The smallest absolute Gasteiger partial charge is 0.222 e. The molecular weight excluding hydrogens is 214 g/mol. The van der Waals surface area contributed by atoms with Gasteiger partial charge < -0.3 is 9.64 Å². The molecule has 3 heteroatoms. The van der Waals surface area contributed by atoms with Crippen molar-refractivity contribution in [3.8, 4) is 0 Å². The lowest BCUT2D eigenvalue weighted by molar-refractivity contribution is -0.133. The number of hydrogen-bond donors (Lipinski definition) is 0. The van der Waals surface area contributed by atoms with Crippen LogP contribution in [0.1, 0.15) is 57.8 Å². The molecule has 0 N–H and O–H groups in total. The van der Waals surface area contributed by atoms with Crippen molar-refractivity contribution in [3.05, 3.63) is 0 Å². The molecule has 2 fully saturated rings. The van der Waals surface area contributed by atoms with Crippen molar-refractivity contribution in [2.75, 3.05) is 13.7 Å². The Hall–Kier alpha value is -0.570. The van der Waals surface area contributed by atoms with Crippen LogP contribution in [-0.4, -0.2) is 36.6 Å². The molecule has 1 heterocycles. The Bertz CT molecular complexity index is 243. The maximum Gasteiger partial charge on any atom is 0.222 e. The Kier molecular flexibility index (Phi) is 4.84. The molecule has 1 saturated carbocycles. The van der Waals surface area contributed by atoms with Gasteiger partial charge in [-0.05, 0) is 32.1 Å². The second-order valence-corrected chi connectivity index (χ2v) is 5.47. The van der Waals surface area contributed by atoms with E-state index in [9.17, 15) is 4.79 Å². The minimum atomic E-state index is 0.312. The molecule has 0 aromatic rings. The highest BCUT2D eigenvalue weighted by Gasteiger charge is 2.23. The van der Waals surface area contributed by atoms with Gasteiger partial charge in [0.05, 0.1) is 6.10 Å². The standard InChI is InChI=1S/C14H25NO2/c1-15(12-6-3-2-4-7-12)14(16)10-9-13-8-5-11-17-13/h12-13H,2-11H2,1H3. The second-order valence-electron chi connectivity index (χ2n) is 5.47. The van der Waals surface area contributed by atoms with Crippen LogP contribution in [0.3, 0.4) is 0 Å². The molecular formula is C14H25NO2. The molecule has 0 aromatic carbocycles. The summed E-state index contributed by atoms with van der Waals surface area (Å²) >= 11 is 0. The molecule has 1 atom stereocenters. The van der Waals surface area contributed by atoms with Crippen LogP contribution in [0, 0.1) is 0 Å². The van der Waals surface area contributed by atoms with Crippen molar-refractivity contribution in [1.29, 1.82) is 0 Å². The summed E-state index contributed by atoms with van der Waals surface area (Å²) in [7, 11) is 1.98. The number of rotatable bonds is 4. The van der Waals surface area contributed by atoms with Gasteiger partial charge in [-0.1, -0.05) is 19.3 Å². The number of carbonyl (C=O) groups is 1. The highest BCUT2D eigenvalue weighted by Crippen LogP contribution is 2.23. The van der Waals surface area contributed by atoms with Gasteiger partial charge >= 0.3 is 0 Å². The Morgan fingerprint density at radius 1 is 1.18 bits per heavy atom. The predicted molar refractivity (Wildman–Crippen MR) is 67.9 cm³/mol.